The third-order valence-electron chi connectivity index (χ3n) is 3.75. The first-order valence-corrected chi connectivity index (χ1v) is 8.08. The number of amides is 2. The van der Waals surface area contributed by atoms with Crippen molar-refractivity contribution in [3.8, 4) is 11.5 Å². The zero-order valence-corrected chi connectivity index (χ0v) is 14.4. The van der Waals surface area contributed by atoms with Gasteiger partial charge in [-0.05, 0) is 43.5 Å². The molecule has 0 spiro atoms. The van der Waals surface area contributed by atoms with Crippen LogP contribution in [-0.4, -0.2) is 50.3 Å². The van der Waals surface area contributed by atoms with Crippen molar-refractivity contribution in [3.05, 3.63) is 23.3 Å². The molecular weight excluding hydrogens is 312 g/mol. The molecule has 132 valence electrons. The van der Waals surface area contributed by atoms with Crippen LogP contribution in [0.1, 0.15) is 25.0 Å². The molecule has 1 aromatic carbocycles. The highest BCUT2D eigenvalue weighted by molar-refractivity contribution is 5.92. The molecule has 0 atom stereocenters. The highest BCUT2D eigenvalue weighted by Crippen LogP contribution is 2.33. The second-order valence-corrected chi connectivity index (χ2v) is 5.43. The fourth-order valence-corrected chi connectivity index (χ4v) is 2.70. The first kappa shape index (κ1) is 18.1. The Morgan fingerprint density at radius 3 is 2.33 bits per heavy atom. The molecule has 1 aromatic rings. The van der Waals surface area contributed by atoms with Crippen molar-refractivity contribution in [2.75, 3.05) is 33.4 Å². The highest BCUT2D eigenvalue weighted by Gasteiger charge is 2.22. The van der Waals surface area contributed by atoms with Gasteiger partial charge in [0.05, 0.1) is 26.9 Å². The molecule has 7 heteroatoms. The number of ether oxygens (including phenoxy) is 3. The van der Waals surface area contributed by atoms with Crippen molar-refractivity contribution < 1.29 is 23.8 Å². The standard InChI is InChI=1S/C17H24N2O5/c1-4-23-14-8-12-6-7-19(11-16(20)18-17(21)22-3)10-13(12)9-15(14)24-5-2/h8-9H,4-7,10-11H2,1-3H3,(H,18,20,21). The maximum absolute atomic E-state index is 11.8. The molecule has 0 unspecified atom stereocenters. The minimum atomic E-state index is -0.739. The lowest BCUT2D eigenvalue weighted by Gasteiger charge is -2.29. The number of benzene rings is 1. The van der Waals surface area contributed by atoms with Crippen LogP contribution in [0, 0.1) is 0 Å². The molecule has 0 radical (unpaired) electrons. The number of imide groups is 1. The van der Waals surface area contributed by atoms with Gasteiger partial charge in [0, 0.05) is 13.1 Å². The third kappa shape index (κ3) is 4.61. The van der Waals surface area contributed by atoms with Crippen molar-refractivity contribution in [1.82, 2.24) is 10.2 Å². The largest absolute Gasteiger partial charge is 0.490 e. The molecule has 1 aliphatic rings. The van der Waals surface area contributed by atoms with E-state index in [9.17, 15) is 9.59 Å². The number of rotatable bonds is 6. The Bertz CT molecular complexity index is 603. The molecule has 0 saturated carbocycles. The molecule has 1 N–H and O–H groups in total. The van der Waals surface area contributed by atoms with Crippen LogP contribution in [0.15, 0.2) is 12.1 Å². The van der Waals surface area contributed by atoms with E-state index in [2.05, 4.69) is 10.1 Å². The fourth-order valence-electron chi connectivity index (χ4n) is 2.70. The quantitative estimate of drug-likeness (QED) is 0.852. The zero-order chi connectivity index (χ0) is 17.5. The molecule has 2 amide bonds. The summed E-state index contributed by atoms with van der Waals surface area (Å²) in [6, 6.07) is 4.00. The Kier molecular flexibility index (Phi) is 6.43. The van der Waals surface area contributed by atoms with Crippen molar-refractivity contribution in [3.63, 3.8) is 0 Å². The highest BCUT2D eigenvalue weighted by atomic mass is 16.5. The van der Waals surface area contributed by atoms with E-state index < -0.39 is 6.09 Å². The summed E-state index contributed by atoms with van der Waals surface area (Å²) < 4.78 is 15.7. The molecule has 7 nitrogen and oxygen atoms in total. The summed E-state index contributed by atoms with van der Waals surface area (Å²) in [4.78, 5) is 24.9. The summed E-state index contributed by atoms with van der Waals surface area (Å²) >= 11 is 0. The minimum absolute atomic E-state index is 0.145. The Morgan fingerprint density at radius 1 is 1.12 bits per heavy atom. The van der Waals surface area contributed by atoms with Gasteiger partial charge in [-0.2, -0.15) is 0 Å². The predicted octanol–water partition coefficient (Wildman–Crippen LogP) is 1.72. The van der Waals surface area contributed by atoms with Crippen LogP contribution in [0.25, 0.3) is 0 Å². The Hall–Kier alpha value is -2.28. The lowest BCUT2D eigenvalue weighted by molar-refractivity contribution is -0.121. The van der Waals surface area contributed by atoms with Crippen LogP contribution >= 0.6 is 0 Å². The number of hydrogen-bond donors (Lipinski definition) is 1. The van der Waals surface area contributed by atoms with Gasteiger partial charge < -0.3 is 14.2 Å². The zero-order valence-electron chi connectivity index (χ0n) is 14.4. The summed E-state index contributed by atoms with van der Waals surface area (Å²) in [5.41, 5.74) is 2.31. The average molecular weight is 336 g/mol. The Morgan fingerprint density at radius 2 is 1.75 bits per heavy atom. The summed E-state index contributed by atoms with van der Waals surface area (Å²) in [7, 11) is 1.23. The average Bonchev–Trinajstić information content (AvgIpc) is 2.55. The fraction of sp³-hybridized carbons (Fsp3) is 0.529. The van der Waals surface area contributed by atoms with Crippen molar-refractivity contribution >= 4 is 12.0 Å². The number of alkyl carbamates (subject to hydrolysis) is 1. The van der Waals surface area contributed by atoms with Gasteiger partial charge in [0.2, 0.25) is 5.91 Å². The van der Waals surface area contributed by atoms with Gasteiger partial charge in [0.1, 0.15) is 0 Å². The number of fused-ring (bicyclic) bond motifs is 1. The lowest BCUT2D eigenvalue weighted by atomic mass is 9.99. The van der Waals surface area contributed by atoms with Crippen LogP contribution in [-0.2, 0) is 22.5 Å². The molecule has 0 aliphatic carbocycles. The van der Waals surface area contributed by atoms with E-state index in [4.69, 9.17) is 9.47 Å². The summed E-state index contributed by atoms with van der Waals surface area (Å²) in [6.45, 7) is 6.52. The lowest BCUT2D eigenvalue weighted by Crippen LogP contribution is -2.41. The predicted molar refractivity (Wildman–Crippen MR) is 88.3 cm³/mol. The number of nitrogens with one attached hydrogen (secondary N) is 1. The van der Waals surface area contributed by atoms with Crippen LogP contribution < -0.4 is 14.8 Å². The van der Waals surface area contributed by atoms with Gasteiger partial charge in [0.15, 0.2) is 11.5 Å². The van der Waals surface area contributed by atoms with E-state index in [1.54, 1.807) is 0 Å². The van der Waals surface area contributed by atoms with Crippen LogP contribution in [0.5, 0.6) is 11.5 Å². The van der Waals surface area contributed by atoms with Gasteiger partial charge in [-0.1, -0.05) is 0 Å². The van der Waals surface area contributed by atoms with Crippen molar-refractivity contribution in [1.29, 1.82) is 0 Å². The van der Waals surface area contributed by atoms with E-state index in [1.807, 2.05) is 30.9 Å². The number of hydrogen-bond acceptors (Lipinski definition) is 6. The van der Waals surface area contributed by atoms with E-state index in [1.165, 1.54) is 12.7 Å². The topological polar surface area (TPSA) is 77.1 Å². The van der Waals surface area contributed by atoms with Crippen LogP contribution in [0.3, 0.4) is 0 Å². The van der Waals surface area contributed by atoms with Crippen LogP contribution in [0.2, 0.25) is 0 Å². The van der Waals surface area contributed by atoms with E-state index in [-0.39, 0.29) is 12.5 Å². The third-order valence-corrected chi connectivity index (χ3v) is 3.75. The molecule has 0 bridgehead atoms. The Balaban J connectivity index is 2.07. The van der Waals surface area contributed by atoms with E-state index >= 15 is 0 Å². The van der Waals surface area contributed by atoms with Gasteiger partial charge in [-0.3, -0.25) is 15.0 Å². The first-order chi connectivity index (χ1) is 11.6. The second kappa shape index (κ2) is 8.54. The maximum Gasteiger partial charge on any atom is 0.413 e. The molecule has 0 saturated heterocycles. The monoisotopic (exact) mass is 336 g/mol. The summed E-state index contributed by atoms with van der Waals surface area (Å²) in [6.07, 6.45) is 0.0743. The Labute approximate surface area is 141 Å². The molecule has 0 aromatic heterocycles. The molecule has 0 fully saturated rings. The smallest absolute Gasteiger partial charge is 0.413 e. The summed E-state index contributed by atoms with van der Waals surface area (Å²) in [5, 5.41) is 2.17. The number of carbonyl (C=O) groups excluding carboxylic acids is 2. The number of nitrogens with zero attached hydrogens (tertiary/aromatic N) is 1. The van der Waals surface area contributed by atoms with Crippen LogP contribution in [0.4, 0.5) is 4.79 Å². The SMILES string of the molecule is CCOc1cc2c(cc1OCC)CN(CC(=O)NC(=O)OC)CC2. The van der Waals surface area contributed by atoms with Gasteiger partial charge in [0.25, 0.3) is 0 Å². The molecule has 2 rings (SSSR count). The molecule has 1 aliphatic heterocycles. The number of carbonyl (C=O) groups is 2. The minimum Gasteiger partial charge on any atom is -0.490 e. The van der Waals surface area contributed by atoms with E-state index in [0.717, 1.165) is 30.0 Å². The molecule has 24 heavy (non-hydrogen) atoms. The molecular formula is C17H24N2O5. The second-order valence-electron chi connectivity index (χ2n) is 5.43. The van der Waals surface area contributed by atoms with Crippen molar-refractivity contribution in [2.45, 2.75) is 26.8 Å². The van der Waals surface area contributed by atoms with Gasteiger partial charge in [-0.25, -0.2) is 4.79 Å². The van der Waals surface area contributed by atoms with E-state index in [0.29, 0.717) is 19.8 Å². The molecule has 1 heterocycles. The summed E-state index contributed by atoms with van der Waals surface area (Å²) in [5.74, 6) is 1.11. The number of methoxy groups -OCH3 is 1. The van der Waals surface area contributed by atoms with Crippen molar-refractivity contribution in [2.24, 2.45) is 0 Å². The van der Waals surface area contributed by atoms with Gasteiger partial charge in [-0.15, -0.1) is 0 Å². The first-order valence-electron chi connectivity index (χ1n) is 8.08. The van der Waals surface area contributed by atoms with Gasteiger partial charge >= 0.3 is 6.09 Å². The maximum atomic E-state index is 11.8. The normalized spacial score (nSPS) is 13.8.